The van der Waals surface area contributed by atoms with Gasteiger partial charge in [-0.1, -0.05) is 200 Å². The van der Waals surface area contributed by atoms with Crippen LogP contribution in [0.5, 0.6) is 0 Å². The van der Waals surface area contributed by atoms with E-state index in [1.807, 2.05) is 12.1 Å². The predicted molar refractivity (Wildman–Crippen MR) is 308 cm³/mol. The summed E-state index contributed by atoms with van der Waals surface area (Å²) in [4.78, 5) is 15.8. The molecule has 11 aromatic carbocycles. The van der Waals surface area contributed by atoms with E-state index in [1.54, 1.807) is 0 Å². The van der Waals surface area contributed by atoms with E-state index >= 15 is 0 Å². The van der Waals surface area contributed by atoms with Gasteiger partial charge in [0.15, 0.2) is 28.6 Å². The minimum absolute atomic E-state index is 0.586. The van der Waals surface area contributed by atoms with Crippen LogP contribution in [0.4, 0.5) is 0 Å². The number of aromatic nitrogens is 5. The van der Waals surface area contributed by atoms with Crippen molar-refractivity contribution in [2.24, 2.45) is 0 Å². The van der Waals surface area contributed by atoms with E-state index < -0.39 is 0 Å². The van der Waals surface area contributed by atoms with Gasteiger partial charge in [0.05, 0.1) is 22.1 Å². The Hall–Kier alpha value is -10.2. The number of furan rings is 1. The topological polar surface area (TPSA) is 61.7 Å². The van der Waals surface area contributed by atoms with E-state index in [0.29, 0.717) is 17.5 Å². The molecule has 0 radical (unpaired) electrons. The van der Waals surface area contributed by atoms with E-state index in [9.17, 15) is 0 Å². The minimum Gasteiger partial charge on any atom is -0.452 e. The van der Waals surface area contributed by atoms with Gasteiger partial charge >= 0.3 is 0 Å². The first kappa shape index (κ1) is 42.5. The molecular formula is C69H43N5O. The van der Waals surface area contributed by atoms with Crippen molar-refractivity contribution in [3.05, 3.63) is 261 Å². The summed E-state index contributed by atoms with van der Waals surface area (Å²) >= 11 is 0. The second-order valence-corrected chi connectivity index (χ2v) is 19.1. The Balaban J connectivity index is 0.912. The molecule has 0 saturated carbocycles. The van der Waals surface area contributed by atoms with Gasteiger partial charge in [0.2, 0.25) is 0 Å². The van der Waals surface area contributed by atoms with Gasteiger partial charge in [-0.15, -0.1) is 0 Å². The van der Waals surface area contributed by atoms with Crippen LogP contribution in [0.1, 0.15) is 0 Å². The molecule has 4 heterocycles. The predicted octanol–water partition coefficient (Wildman–Crippen LogP) is 18.0. The molecule has 0 saturated heterocycles. The molecular weight excluding hydrogens is 915 g/mol. The zero-order chi connectivity index (χ0) is 49.4. The lowest BCUT2D eigenvalue weighted by molar-refractivity contribution is 0.673. The maximum atomic E-state index is 7.37. The summed E-state index contributed by atoms with van der Waals surface area (Å²) in [5.74, 6) is 1.80. The van der Waals surface area contributed by atoms with Crippen molar-refractivity contribution in [1.82, 2.24) is 24.1 Å². The summed E-state index contributed by atoms with van der Waals surface area (Å²) in [6, 6.07) is 91.9. The normalized spacial score (nSPS) is 11.7. The third kappa shape index (κ3) is 6.92. The van der Waals surface area contributed by atoms with Gasteiger partial charge in [-0.3, -0.25) is 0 Å². The Morgan fingerprint density at radius 2 is 0.587 bits per heavy atom. The first-order valence-electron chi connectivity index (χ1n) is 25.3. The molecule has 75 heavy (non-hydrogen) atoms. The molecule has 0 aliphatic rings. The van der Waals surface area contributed by atoms with E-state index in [0.717, 1.165) is 110 Å². The van der Waals surface area contributed by atoms with Gasteiger partial charge in [0, 0.05) is 60.4 Å². The van der Waals surface area contributed by atoms with Crippen molar-refractivity contribution in [3.63, 3.8) is 0 Å². The molecule has 4 aromatic heterocycles. The average Bonchev–Trinajstić information content (AvgIpc) is 4.16. The molecule has 0 aliphatic heterocycles. The summed E-state index contributed by atoms with van der Waals surface area (Å²) in [6.07, 6.45) is 0. The van der Waals surface area contributed by atoms with Crippen LogP contribution >= 0.6 is 0 Å². The highest BCUT2D eigenvalue weighted by atomic mass is 16.3. The monoisotopic (exact) mass is 957 g/mol. The SMILES string of the molecule is c1ccc(-c2ccc(-n3c4ccccc4c4ccc5c6ccc7c8ccccc8n(-c8ccc(-c9nc(-c%10ccccc%10-c%10ccccc%10)nc(-c%10ccccc%10-c%10ccccc%10)n9)cc8)c7c6oc5c43)cc2)cc1. The molecule has 6 heteroatoms. The number of rotatable bonds is 8. The van der Waals surface area contributed by atoms with Crippen LogP contribution in [0.2, 0.25) is 0 Å². The maximum Gasteiger partial charge on any atom is 0.164 e. The molecule has 0 unspecified atom stereocenters. The Kier molecular flexibility index (Phi) is 9.78. The minimum atomic E-state index is 0.586. The average molecular weight is 958 g/mol. The smallest absolute Gasteiger partial charge is 0.164 e. The van der Waals surface area contributed by atoms with Crippen LogP contribution in [0.25, 0.3) is 144 Å². The summed E-state index contributed by atoms with van der Waals surface area (Å²) in [6.45, 7) is 0. The standard InChI is InChI=1S/C69H43N5O/c1-4-18-44(19-5-1)45-32-36-49(37-33-45)73-61-30-16-14-26-53(61)55-40-42-57-58-43-41-56-54-27-15-17-31-62(54)74(64(56)66(58)75-65(57)63(55)73)50-38-34-48(35-39-50)67-70-68(59-28-12-10-24-51(59)46-20-6-2-7-21-46)72-69(71-67)60-29-13-11-25-52(60)47-22-8-3-9-23-47/h1-43H. The summed E-state index contributed by atoms with van der Waals surface area (Å²) in [7, 11) is 0. The summed E-state index contributed by atoms with van der Waals surface area (Å²) in [5, 5.41) is 6.73. The Bertz CT molecular complexity index is 4570. The Morgan fingerprint density at radius 3 is 1.05 bits per heavy atom. The fraction of sp³-hybridized carbons (Fsp3) is 0. The second-order valence-electron chi connectivity index (χ2n) is 19.1. The molecule has 0 aliphatic carbocycles. The van der Waals surface area contributed by atoms with Gasteiger partial charge < -0.3 is 13.6 Å². The lowest BCUT2D eigenvalue weighted by atomic mass is 9.98. The van der Waals surface area contributed by atoms with Crippen LogP contribution < -0.4 is 0 Å². The van der Waals surface area contributed by atoms with Crippen molar-refractivity contribution in [2.45, 2.75) is 0 Å². The highest BCUT2D eigenvalue weighted by molar-refractivity contribution is 6.26. The molecule has 15 rings (SSSR count). The van der Waals surface area contributed by atoms with E-state index in [4.69, 9.17) is 19.4 Å². The number of para-hydroxylation sites is 2. The van der Waals surface area contributed by atoms with E-state index in [2.05, 4.69) is 258 Å². The van der Waals surface area contributed by atoms with Crippen molar-refractivity contribution < 1.29 is 4.42 Å². The van der Waals surface area contributed by atoms with Crippen LogP contribution in [0.15, 0.2) is 265 Å². The van der Waals surface area contributed by atoms with Gasteiger partial charge in [0.1, 0.15) is 0 Å². The summed E-state index contributed by atoms with van der Waals surface area (Å²) < 4.78 is 12.1. The van der Waals surface area contributed by atoms with E-state index in [-0.39, 0.29) is 0 Å². The molecule has 0 amide bonds. The molecule has 15 aromatic rings. The quantitative estimate of drug-likeness (QED) is 0.152. The largest absolute Gasteiger partial charge is 0.452 e. The maximum absolute atomic E-state index is 7.37. The lowest BCUT2D eigenvalue weighted by Crippen LogP contribution is -2.02. The second kappa shape index (κ2) is 17.3. The van der Waals surface area contributed by atoms with Gasteiger partial charge in [-0.25, -0.2) is 15.0 Å². The highest BCUT2D eigenvalue weighted by Gasteiger charge is 2.24. The fourth-order valence-corrected chi connectivity index (χ4v) is 11.4. The van der Waals surface area contributed by atoms with Gasteiger partial charge in [-0.05, 0) is 94.0 Å². The molecule has 0 bridgehead atoms. The molecule has 0 spiro atoms. The van der Waals surface area contributed by atoms with Crippen LogP contribution in [-0.4, -0.2) is 24.1 Å². The van der Waals surface area contributed by atoms with E-state index in [1.165, 1.54) is 16.5 Å². The lowest BCUT2D eigenvalue weighted by Gasteiger charge is -2.14. The van der Waals surface area contributed by atoms with Crippen molar-refractivity contribution >= 4 is 65.6 Å². The molecule has 0 atom stereocenters. The number of benzene rings is 11. The molecule has 0 fully saturated rings. The van der Waals surface area contributed by atoms with Crippen LogP contribution in [-0.2, 0) is 0 Å². The Morgan fingerprint density at radius 1 is 0.240 bits per heavy atom. The van der Waals surface area contributed by atoms with Crippen molar-refractivity contribution in [3.8, 4) is 78.9 Å². The first-order valence-corrected chi connectivity index (χ1v) is 25.3. The molecule has 350 valence electrons. The van der Waals surface area contributed by atoms with Crippen molar-refractivity contribution in [1.29, 1.82) is 0 Å². The third-order valence-corrected chi connectivity index (χ3v) is 14.8. The highest BCUT2D eigenvalue weighted by Crippen LogP contribution is 2.45. The number of hydrogen-bond acceptors (Lipinski definition) is 4. The third-order valence-electron chi connectivity index (χ3n) is 14.8. The number of nitrogens with zero attached hydrogens (tertiary/aromatic N) is 5. The van der Waals surface area contributed by atoms with Crippen LogP contribution in [0, 0.1) is 0 Å². The summed E-state index contributed by atoms with van der Waals surface area (Å²) in [5.41, 5.74) is 17.4. The number of fused-ring (bicyclic) bond motifs is 11. The number of hydrogen-bond donors (Lipinski definition) is 0. The van der Waals surface area contributed by atoms with Gasteiger partial charge in [-0.2, -0.15) is 0 Å². The zero-order valence-electron chi connectivity index (χ0n) is 40.5. The van der Waals surface area contributed by atoms with Crippen LogP contribution in [0.3, 0.4) is 0 Å². The fourth-order valence-electron chi connectivity index (χ4n) is 11.4. The first-order chi connectivity index (χ1) is 37.2. The molecule has 6 nitrogen and oxygen atoms in total. The van der Waals surface area contributed by atoms with Crippen molar-refractivity contribution in [2.75, 3.05) is 0 Å². The van der Waals surface area contributed by atoms with Gasteiger partial charge in [0.25, 0.3) is 0 Å². The Labute approximate surface area is 431 Å². The zero-order valence-corrected chi connectivity index (χ0v) is 40.5. The molecule has 0 N–H and O–H groups in total.